The van der Waals surface area contributed by atoms with Crippen LogP contribution in [-0.2, 0) is 21.5 Å². The van der Waals surface area contributed by atoms with Gasteiger partial charge in [0.15, 0.2) is 0 Å². The van der Waals surface area contributed by atoms with Gasteiger partial charge in [-0.05, 0) is 70.8 Å². The number of amides is 2. The number of methoxy groups -OCH3 is 1. The van der Waals surface area contributed by atoms with Crippen molar-refractivity contribution in [3.05, 3.63) is 89.0 Å². The maximum absolute atomic E-state index is 13.4. The topological polar surface area (TPSA) is 75.7 Å². The molecule has 1 aliphatic heterocycles. The van der Waals surface area contributed by atoms with Gasteiger partial charge in [-0.15, -0.1) is 0 Å². The van der Waals surface area contributed by atoms with Crippen LogP contribution in [0.1, 0.15) is 78.3 Å². The lowest BCUT2D eigenvalue weighted by atomic mass is 9.87. The average molecular weight is 511 g/mol. The van der Waals surface area contributed by atoms with Gasteiger partial charge in [0, 0.05) is 23.4 Å². The van der Waals surface area contributed by atoms with E-state index in [-0.39, 0.29) is 23.2 Å². The van der Waals surface area contributed by atoms with Crippen LogP contribution in [0, 0.1) is 0 Å². The van der Waals surface area contributed by atoms with Gasteiger partial charge in [0.05, 0.1) is 7.11 Å². The Bertz CT molecular complexity index is 1380. The van der Waals surface area contributed by atoms with E-state index in [2.05, 4.69) is 26.1 Å². The number of benzene rings is 3. The second kappa shape index (κ2) is 9.75. The molecule has 1 fully saturated rings. The normalized spacial score (nSPS) is 16.3. The molecule has 0 unspecified atom stereocenters. The van der Waals surface area contributed by atoms with Crippen LogP contribution in [0.3, 0.4) is 0 Å². The molecule has 1 aliphatic carbocycles. The SMILES string of the molecule is COC(=O)C1(N2Cc3ccc(-c4ccc(NC(=O)c5ccc(C(C)(C)C)cc5)cc4)cc3C2=O)CCCC1. The number of ether oxygens (including phenoxy) is 1. The van der Waals surface area contributed by atoms with E-state index < -0.39 is 5.54 Å². The first kappa shape index (κ1) is 25.7. The lowest BCUT2D eigenvalue weighted by molar-refractivity contribution is -0.153. The summed E-state index contributed by atoms with van der Waals surface area (Å²) in [5.41, 5.74) is 5.06. The first-order valence-electron chi connectivity index (χ1n) is 13.2. The third-order valence-electron chi connectivity index (χ3n) is 7.92. The highest BCUT2D eigenvalue weighted by atomic mass is 16.5. The Morgan fingerprint density at radius 2 is 1.53 bits per heavy atom. The largest absolute Gasteiger partial charge is 0.467 e. The zero-order valence-electron chi connectivity index (χ0n) is 22.5. The van der Waals surface area contributed by atoms with Gasteiger partial charge in [-0.25, -0.2) is 4.79 Å². The number of carbonyl (C=O) groups is 3. The molecule has 2 amide bonds. The van der Waals surface area contributed by atoms with Crippen molar-refractivity contribution in [2.75, 3.05) is 12.4 Å². The van der Waals surface area contributed by atoms with E-state index in [0.717, 1.165) is 29.5 Å². The molecule has 3 aromatic carbocycles. The summed E-state index contributed by atoms with van der Waals surface area (Å²) in [6, 6.07) is 21.2. The van der Waals surface area contributed by atoms with E-state index in [1.807, 2.05) is 66.7 Å². The zero-order valence-corrected chi connectivity index (χ0v) is 22.5. The van der Waals surface area contributed by atoms with Crippen LogP contribution >= 0.6 is 0 Å². The third kappa shape index (κ3) is 4.60. The first-order valence-corrected chi connectivity index (χ1v) is 13.2. The van der Waals surface area contributed by atoms with E-state index in [9.17, 15) is 14.4 Å². The molecular formula is C32H34N2O4. The molecular weight excluding hydrogens is 476 g/mol. The van der Waals surface area contributed by atoms with Crippen LogP contribution in [0.2, 0.25) is 0 Å². The number of esters is 1. The molecule has 0 radical (unpaired) electrons. The third-order valence-corrected chi connectivity index (χ3v) is 7.92. The summed E-state index contributed by atoms with van der Waals surface area (Å²) in [5.74, 6) is -0.595. The van der Waals surface area contributed by atoms with Crippen molar-refractivity contribution in [1.82, 2.24) is 4.90 Å². The summed E-state index contributed by atoms with van der Waals surface area (Å²) >= 11 is 0. The molecule has 0 bridgehead atoms. The second-order valence-electron chi connectivity index (χ2n) is 11.4. The molecule has 2 aliphatic rings. The summed E-state index contributed by atoms with van der Waals surface area (Å²) in [4.78, 5) is 40.6. The number of fused-ring (bicyclic) bond motifs is 1. The molecule has 0 atom stereocenters. The molecule has 1 N–H and O–H groups in total. The molecule has 0 aromatic heterocycles. The predicted octanol–water partition coefficient (Wildman–Crippen LogP) is 6.35. The van der Waals surface area contributed by atoms with Crippen molar-refractivity contribution in [3.63, 3.8) is 0 Å². The quantitative estimate of drug-likeness (QED) is 0.406. The van der Waals surface area contributed by atoms with Gasteiger partial charge in [-0.1, -0.05) is 70.0 Å². The van der Waals surface area contributed by atoms with Crippen molar-refractivity contribution in [2.24, 2.45) is 0 Å². The van der Waals surface area contributed by atoms with Crippen LogP contribution in [0.4, 0.5) is 5.69 Å². The Morgan fingerprint density at radius 1 is 0.895 bits per heavy atom. The second-order valence-corrected chi connectivity index (χ2v) is 11.4. The number of rotatable bonds is 5. The fourth-order valence-corrected chi connectivity index (χ4v) is 5.63. The summed E-state index contributed by atoms with van der Waals surface area (Å²) in [6.45, 7) is 6.85. The molecule has 38 heavy (non-hydrogen) atoms. The fourth-order valence-electron chi connectivity index (χ4n) is 5.63. The first-order chi connectivity index (χ1) is 18.1. The minimum absolute atomic E-state index is 0.0323. The van der Waals surface area contributed by atoms with Gasteiger partial charge in [-0.3, -0.25) is 9.59 Å². The van der Waals surface area contributed by atoms with Gasteiger partial charge in [-0.2, -0.15) is 0 Å². The molecule has 196 valence electrons. The van der Waals surface area contributed by atoms with Crippen LogP contribution in [-0.4, -0.2) is 35.3 Å². The van der Waals surface area contributed by atoms with E-state index in [0.29, 0.717) is 36.2 Å². The lowest BCUT2D eigenvalue weighted by Gasteiger charge is -2.35. The fraction of sp³-hybridized carbons (Fsp3) is 0.344. The maximum atomic E-state index is 13.4. The van der Waals surface area contributed by atoms with Crippen LogP contribution < -0.4 is 5.32 Å². The zero-order chi connectivity index (χ0) is 27.1. The highest BCUT2D eigenvalue weighted by Crippen LogP contribution is 2.42. The van der Waals surface area contributed by atoms with Gasteiger partial charge in [0.25, 0.3) is 11.8 Å². The molecule has 5 rings (SSSR count). The van der Waals surface area contributed by atoms with Crippen LogP contribution in [0.15, 0.2) is 66.7 Å². The highest BCUT2D eigenvalue weighted by Gasteiger charge is 2.51. The molecule has 6 nitrogen and oxygen atoms in total. The molecule has 6 heteroatoms. The van der Waals surface area contributed by atoms with Crippen molar-refractivity contribution in [2.45, 2.75) is 64.0 Å². The smallest absolute Gasteiger partial charge is 0.331 e. The minimum atomic E-state index is -0.863. The number of hydrogen-bond acceptors (Lipinski definition) is 4. The van der Waals surface area contributed by atoms with Gasteiger partial charge < -0.3 is 15.0 Å². The minimum Gasteiger partial charge on any atom is -0.467 e. The molecule has 0 spiro atoms. The van der Waals surface area contributed by atoms with E-state index in [1.54, 1.807) is 4.90 Å². The van der Waals surface area contributed by atoms with Crippen LogP contribution in [0.25, 0.3) is 11.1 Å². The Morgan fingerprint density at radius 3 is 2.13 bits per heavy atom. The molecule has 3 aromatic rings. The Balaban J connectivity index is 1.31. The highest BCUT2D eigenvalue weighted by molar-refractivity contribution is 6.04. The van der Waals surface area contributed by atoms with Crippen molar-refractivity contribution in [1.29, 1.82) is 0 Å². The monoisotopic (exact) mass is 510 g/mol. The molecule has 1 saturated carbocycles. The molecule has 1 heterocycles. The Hall–Kier alpha value is -3.93. The lowest BCUT2D eigenvalue weighted by Crippen LogP contribution is -2.53. The summed E-state index contributed by atoms with van der Waals surface area (Å²) in [5, 5.41) is 2.96. The number of anilines is 1. The Labute approximate surface area is 224 Å². The van der Waals surface area contributed by atoms with Gasteiger partial charge >= 0.3 is 5.97 Å². The summed E-state index contributed by atoms with van der Waals surface area (Å²) in [6.07, 6.45) is 3.09. The van der Waals surface area contributed by atoms with E-state index in [1.165, 1.54) is 12.7 Å². The number of carbonyl (C=O) groups excluding carboxylic acids is 3. The van der Waals surface area contributed by atoms with Gasteiger partial charge in [0.1, 0.15) is 5.54 Å². The van der Waals surface area contributed by atoms with Crippen molar-refractivity contribution in [3.8, 4) is 11.1 Å². The van der Waals surface area contributed by atoms with E-state index >= 15 is 0 Å². The number of hydrogen-bond donors (Lipinski definition) is 1. The standard InChI is InChI=1S/C32H34N2O4/c1-31(2,3)25-13-9-22(10-14-25)28(35)33-26-15-11-21(12-16-26)23-7-8-24-20-34(29(36)27(24)19-23)32(30(37)38-4)17-5-6-18-32/h7-16,19H,5-6,17-18,20H2,1-4H3,(H,33,35). The number of nitrogens with one attached hydrogen (secondary N) is 1. The number of nitrogens with zero attached hydrogens (tertiary/aromatic N) is 1. The molecule has 0 saturated heterocycles. The summed E-state index contributed by atoms with van der Waals surface area (Å²) < 4.78 is 5.11. The van der Waals surface area contributed by atoms with Crippen molar-refractivity contribution < 1.29 is 19.1 Å². The predicted molar refractivity (Wildman–Crippen MR) is 148 cm³/mol. The maximum Gasteiger partial charge on any atom is 0.331 e. The van der Waals surface area contributed by atoms with Crippen molar-refractivity contribution >= 4 is 23.5 Å². The van der Waals surface area contributed by atoms with Gasteiger partial charge in [0.2, 0.25) is 0 Å². The van der Waals surface area contributed by atoms with E-state index in [4.69, 9.17) is 4.74 Å². The average Bonchev–Trinajstić information content (AvgIpc) is 3.54. The van der Waals surface area contributed by atoms with Crippen LogP contribution in [0.5, 0.6) is 0 Å². The Kier molecular flexibility index (Phi) is 6.59. The summed E-state index contributed by atoms with van der Waals surface area (Å²) in [7, 11) is 1.39.